The molecule has 0 aromatic heterocycles. The van der Waals surface area contributed by atoms with Crippen LogP contribution >= 0.6 is 0 Å². The van der Waals surface area contributed by atoms with E-state index in [1.54, 1.807) is 13.0 Å². The van der Waals surface area contributed by atoms with E-state index in [9.17, 15) is 20.0 Å². The molecule has 21 heavy (non-hydrogen) atoms. The van der Waals surface area contributed by atoms with Crippen LogP contribution in [0.4, 0.5) is 11.4 Å². The summed E-state index contributed by atoms with van der Waals surface area (Å²) < 4.78 is 0. The molecule has 114 valence electrons. The first-order valence-electron chi connectivity index (χ1n) is 6.95. The Morgan fingerprint density at radius 1 is 1.48 bits per heavy atom. The van der Waals surface area contributed by atoms with E-state index >= 15 is 0 Å². The third kappa shape index (κ3) is 3.99. The van der Waals surface area contributed by atoms with Crippen LogP contribution in [0.5, 0.6) is 0 Å². The number of carbonyl (C=O) groups is 1. The summed E-state index contributed by atoms with van der Waals surface area (Å²) in [6.45, 7) is 3.14. The van der Waals surface area contributed by atoms with Crippen molar-refractivity contribution < 1.29 is 14.8 Å². The number of hydrogen-bond acceptors (Lipinski definition) is 5. The molecule has 7 nitrogen and oxygen atoms in total. The molecule has 0 saturated carbocycles. The zero-order valence-electron chi connectivity index (χ0n) is 11.9. The van der Waals surface area contributed by atoms with Gasteiger partial charge < -0.3 is 10.4 Å². The Morgan fingerprint density at radius 2 is 2.14 bits per heavy atom. The van der Waals surface area contributed by atoms with Gasteiger partial charge in [-0.15, -0.1) is 0 Å². The first kappa shape index (κ1) is 15.4. The fourth-order valence-electron chi connectivity index (χ4n) is 2.38. The summed E-state index contributed by atoms with van der Waals surface area (Å²) >= 11 is 0. The largest absolute Gasteiger partial charge is 0.393 e. The summed E-state index contributed by atoms with van der Waals surface area (Å²) in [6.07, 6.45) is 1.04. The monoisotopic (exact) mass is 293 g/mol. The van der Waals surface area contributed by atoms with Gasteiger partial charge in [0.1, 0.15) is 0 Å². The number of rotatable bonds is 4. The second-order valence-corrected chi connectivity index (χ2v) is 5.24. The number of aliphatic hydroxyl groups excluding tert-OH is 1. The molecule has 0 radical (unpaired) electrons. The quantitative estimate of drug-likeness (QED) is 0.646. The van der Waals surface area contributed by atoms with Crippen molar-refractivity contribution in [2.24, 2.45) is 0 Å². The van der Waals surface area contributed by atoms with E-state index < -0.39 is 4.92 Å². The number of nitrogens with zero attached hydrogens (tertiary/aromatic N) is 2. The lowest BCUT2D eigenvalue weighted by atomic mass is 10.1. The van der Waals surface area contributed by atoms with Gasteiger partial charge >= 0.3 is 0 Å². The standard InChI is InChI=1S/C14H19N3O4/c1-10(16-7-5-13(18)6-8-16)14(19)15-11-3-2-4-12(9-11)17(20)21/h2-4,9-10,13,18H,5-8H2,1H3,(H,15,19). The van der Waals surface area contributed by atoms with Gasteiger partial charge in [-0.25, -0.2) is 0 Å². The number of nitro groups is 1. The van der Waals surface area contributed by atoms with Gasteiger partial charge in [0.2, 0.25) is 5.91 Å². The van der Waals surface area contributed by atoms with E-state index in [2.05, 4.69) is 5.32 Å². The topological polar surface area (TPSA) is 95.7 Å². The lowest BCUT2D eigenvalue weighted by molar-refractivity contribution is -0.384. The molecule has 1 aliphatic heterocycles. The average Bonchev–Trinajstić information content (AvgIpc) is 2.47. The predicted molar refractivity (Wildman–Crippen MR) is 78.0 cm³/mol. The van der Waals surface area contributed by atoms with Crippen LogP contribution in [-0.4, -0.2) is 46.1 Å². The van der Waals surface area contributed by atoms with Crippen LogP contribution in [0, 0.1) is 10.1 Å². The highest BCUT2D eigenvalue weighted by Crippen LogP contribution is 2.18. The van der Waals surface area contributed by atoms with Crippen molar-refractivity contribution in [1.82, 2.24) is 4.90 Å². The Balaban J connectivity index is 1.97. The predicted octanol–water partition coefficient (Wildman–Crippen LogP) is 1.38. The van der Waals surface area contributed by atoms with E-state index in [4.69, 9.17) is 0 Å². The summed E-state index contributed by atoms with van der Waals surface area (Å²) in [5.74, 6) is -0.202. The summed E-state index contributed by atoms with van der Waals surface area (Å²) in [6, 6.07) is 5.54. The molecule has 0 spiro atoms. The number of nitro benzene ring substituents is 1. The average molecular weight is 293 g/mol. The summed E-state index contributed by atoms with van der Waals surface area (Å²) in [5, 5.41) is 22.9. The minimum absolute atomic E-state index is 0.0541. The van der Waals surface area contributed by atoms with Crippen LogP contribution in [0.25, 0.3) is 0 Å². The number of nitrogens with one attached hydrogen (secondary N) is 1. The molecule has 7 heteroatoms. The van der Waals surface area contributed by atoms with Gasteiger partial charge in [0.25, 0.3) is 5.69 Å². The summed E-state index contributed by atoms with van der Waals surface area (Å²) in [7, 11) is 0. The highest BCUT2D eigenvalue weighted by Gasteiger charge is 2.25. The summed E-state index contributed by atoms with van der Waals surface area (Å²) in [5.41, 5.74) is 0.361. The third-order valence-corrected chi connectivity index (χ3v) is 3.75. The van der Waals surface area contributed by atoms with Crippen molar-refractivity contribution in [3.8, 4) is 0 Å². The fraction of sp³-hybridized carbons (Fsp3) is 0.500. The highest BCUT2D eigenvalue weighted by molar-refractivity contribution is 5.94. The van der Waals surface area contributed by atoms with Crippen molar-refractivity contribution in [3.63, 3.8) is 0 Å². The Labute approximate surface area is 122 Å². The molecule has 0 aliphatic carbocycles. The van der Waals surface area contributed by atoms with E-state index in [0.29, 0.717) is 31.6 Å². The van der Waals surface area contributed by atoms with Crippen molar-refractivity contribution in [3.05, 3.63) is 34.4 Å². The van der Waals surface area contributed by atoms with Crippen molar-refractivity contribution in [2.45, 2.75) is 31.9 Å². The molecule has 1 aromatic rings. The molecule has 2 rings (SSSR count). The number of anilines is 1. The molecule has 1 aromatic carbocycles. The minimum atomic E-state index is -0.495. The van der Waals surface area contributed by atoms with Gasteiger partial charge in [0, 0.05) is 30.9 Å². The van der Waals surface area contributed by atoms with Crippen LogP contribution in [0.15, 0.2) is 24.3 Å². The molecule has 1 atom stereocenters. The van der Waals surface area contributed by atoms with Gasteiger partial charge in [0.05, 0.1) is 17.1 Å². The van der Waals surface area contributed by atoms with Crippen LogP contribution in [-0.2, 0) is 4.79 Å². The van der Waals surface area contributed by atoms with E-state index in [-0.39, 0.29) is 23.7 Å². The van der Waals surface area contributed by atoms with E-state index in [1.165, 1.54) is 18.2 Å². The number of hydrogen-bond donors (Lipinski definition) is 2. The maximum Gasteiger partial charge on any atom is 0.271 e. The Bertz CT molecular complexity index is 527. The fourth-order valence-corrected chi connectivity index (χ4v) is 2.38. The van der Waals surface area contributed by atoms with Crippen molar-refractivity contribution >= 4 is 17.3 Å². The van der Waals surface area contributed by atoms with E-state index in [1.807, 2.05) is 4.90 Å². The molecular formula is C14H19N3O4. The molecule has 1 amide bonds. The lowest BCUT2D eigenvalue weighted by Gasteiger charge is -2.33. The van der Waals surface area contributed by atoms with Gasteiger partial charge in [-0.1, -0.05) is 6.07 Å². The molecule has 0 bridgehead atoms. The first-order valence-corrected chi connectivity index (χ1v) is 6.95. The molecule has 1 heterocycles. The highest BCUT2D eigenvalue weighted by atomic mass is 16.6. The van der Waals surface area contributed by atoms with Crippen LogP contribution < -0.4 is 5.32 Å². The number of non-ortho nitro benzene ring substituents is 1. The second-order valence-electron chi connectivity index (χ2n) is 5.24. The first-order chi connectivity index (χ1) is 9.97. The molecule has 1 aliphatic rings. The number of benzene rings is 1. The van der Waals surface area contributed by atoms with Crippen LogP contribution in [0.3, 0.4) is 0 Å². The maximum absolute atomic E-state index is 12.2. The zero-order valence-corrected chi connectivity index (χ0v) is 11.9. The van der Waals surface area contributed by atoms with E-state index in [0.717, 1.165) is 0 Å². The number of aliphatic hydroxyl groups is 1. The molecule has 1 fully saturated rings. The number of amides is 1. The molecule has 1 unspecified atom stereocenters. The van der Waals surface area contributed by atoms with Crippen LogP contribution in [0.2, 0.25) is 0 Å². The Hall–Kier alpha value is -1.99. The smallest absolute Gasteiger partial charge is 0.271 e. The van der Waals surface area contributed by atoms with Gasteiger partial charge in [-0.05, 0) is 25.8 Å². The molecular weight excluding hydrogens is 274 g/mol. The maximum atomic E-state index is 12.2. The Kier molecular flexibility index (Phi) is 4.87. The lowest BCUT2D eigenvalue weighted by Crippen LogP contribution is -2.47. The number of piperidine rings is 1. The van der Waals surface area contributed by atoms with Gasteiger partial charge in [-0.3, -0.25) is 19.8 Å². The van der Waals surface area contributed by atoms with Crippen LogP contribution in [0.1, 0.15) is 19.8 Å². The van der Waals surface area contributed by atoms with Crippen molar-refractivity contribution in [2.75, 3.05) is 18.4 Å². The second kappa shape index (κ2) is 6.64. The molecule has 2 N–H and O–H groups in total. The SMILES string of the molecule is CC(C(=O)Nc1cccc([N+](=O)[O-])c1)N1CCC(O)CC1. The Morgan fingerprint density at radius 3 is 2.76 bits per heavy atom. The molecule has 1 saturated heterocycles. The third-order valence-electron chi connectivity index (χ3n) is 3.75. The summed E-state index contributed by atoms with van der Waals surface area (Å²) in [4.78, 5) is 24.4. The van der Waals surface area contributed by atoms with Gasteiger partial charge in [0.15, 0.2) is 0 Å². The zero-order chi connectivity index (χ0) is 15.4. The number of likely N-dealkylation sites (tertiary alicyclic amines) is 1. The minimum Gasteiger partial charge on any atom is -0.393 e. The normalized spacial score (nSPS) is 18.2. The number of carbonyl (C=O) groups excluding carboxylic acids is 1. The van der Waals surface area contributed by atoms with Gasteiger partial charge in [-0.2, -0.15) is 0 Å². The van der Waals surface area contributed by atoms with Crippen molar-refractivity contribution in [1.29, 1.82) is 0 Å².